The Morgan fingerprint density at radius 1 is 1.24 bits per heavy atom. The van der Waals surface area contributed by atoms with Gasteiger partial charge < -0.3 is 9.84 Å². The summed E-state index contributed by atoms with van der Waals surface area (Å²) in [5, 5.41) is 10.3. The first-order valence-corrected chi connectivity index (χ1v) is 9.33. The zero-order chi connectivity index (χ0) is 15.5. The van der Waals surface area contributed by atoms with Gasteiger partial charge in [-0.2, -0.15) is 0 Å². The molecular formula is C16H24O4S. The topological polar surface area (TPSA) is 63.6 Å². The average Bonchev–Trinajstić information content (AvgIpc) is 2.48. The van der Waals surface area contributed by atoms with Crippen LogP contribution in [0.3, 0.4) is 0 Å². The van der Waals surface area contributed by atoms with E-state index in [-0.39, 0.29) is 11.2 Å². The molecule has 0 saturated heterocycles. The summed E-state index contributed by atoms with van der Waals surface area (Å²) in [6.07, 6.45) is 3.11. The highest BCUT2D eigenvalue weighted by molar-refractivity contribution is 7.91. The van der Waals surface area contributed by atoms with Crippen LogP contribution in [0.25, 0.3) is 0 Å². The summed E-state index contributed by atoms with van der Waals surface area (Å²) in [6, 6.07) is 9.59. The van der Waals surface area contributed by atoms with Crippen LogP contribution in [0.4, 0.5) is 0 Å². The van der Waals surface area contributed by atoms with E-state index in [4.69, 9.17) is 4.74 Å². The minimum absolute atomic E-state index is 0.0383. The van der Waals surface area contributed by atoms with Crippen LogP contribution in [-0.4, -0.2) is 38.2 Å². The third-order valence-electron chi connectivity index (χ3n) is 4.45. The van der Waals surface area contributed by atoms with Gasteiger partial charge in [-0.25, -0.2) is 8.42 Å². The standard InChI is InChI=1S/C16H24O4S/c1-20-16(12-7-4-3-5-8-12)15(17)13-9-6-10-14(11-13)21(2,18)19/h3-5,7-8,13-17H,6,9-11H2,1-2H3. The molecule has 1 aliphatic carbocycles. The monoisotopic (exact) mass is 312 g/mol. The largest absolute Gasteiger partial charge is 0.390 e. The van der Waals surface area contributed by atoms with Crippen molar-refractivity contribution < 1.29 is 18.3 Å². The van der Waals surface area contributed by atoms with Crippen LogP contribution in [0.2, 0.25) is 0 Å². The molecule has 4 unspecified atom stereocenters. The lowest BCUT2D eigenvalue weighted by Gasteiger charge is -2.34. The number of sulfone groups is 1. The summed E-state index contributed by atoms with van der Waals surface area (Å²) in [4.78, 5) is 0. The molecule has 1 aromatic rings. The van der Waals surface area contributed by atoms with Gasteiger partial charge in [-0.05, 0) is 30.7 Å². The first-order valence-electron chi connectivity index (χ1n) is 7.38. The zero-order valence-electron chi connectivity index (χ0n) is 12.6. The second-order valence-corrected chi connectivity index (χ2v) is 8.26. The number of aliphatic hydroxyl groups excluding tert-OH is 1. The Kier molecular flexibility index (Phi) is 5.41. The van der Waals surface area contributed by atoms with E-state index in [0.717, 1.165) is 18.4 Å². The van der Waals surface area contributed by atoms with Crippen molar-refractivity contribution in [2.75, 3.05) is 13.4 Å². The van der Waals surface area contributed by atoms with Crippen molar-refractivity contribution in [1.29, 1.82) is 0 Å². The second-order valence-electron chi connectivity index (χ2n) is 5.94. The van der Waals surface area contributed by atoms with Crippen molar-refractivity contribution in [3.8, 4) is 0 Å². The minimum Gasteiger partial charge on any atom is -0.390 e. The fourth-order valence-corrected chi connectivity index (χ4v) is 4.43. The lowest BCUT2D eigenvalue weighted by Crippen LogP contribution is -2.36. The molecule has 21 heavy (non-hydrogen) atoms. The summed E-state index contributed by atoms with van der Waals surface area (Å²) >= 11 is 0. The number of hydrogen-bond acceptors (Lipinski definition) is 4. The third-order valence-corrected chi connectivity index (χ3v) is 6.09. The second kappa shape index (κ2) is 6.90. The molecule has 0 spiro atoms. The maximum absolute atomic E-state index is 11.8. The Labute approximate surface area is 127 Å². The van der Waals surface area contributed by atoms with E-state index >= 15 is 0 Å². The van der Waals surface area contributed by atoms with Crippen molar-refractivity contribution in [3.63, 3.8) is 0 Å². The summed E-state index contributed by atoms with van der Waals surface area (Å²) in [5.41, 5.74) is 0.925. The molecule has 4 nitrogen and oxygen atoms in total. The van der Waals surface area contributed by atoms with Crippen molar-refractivity contribution in [3.05, 3.63) is 35.9 Å². The van der Waals surface area contributed by atoms with E-state index in [9.17, 15) is 13.5 Å². The Bertz CT molecular complexity index is 541. The van der Waals surface area contributed by atoms with Gasteiger partial charge >= 0.3 is 0 Å². The maximum atomic E-state index is 11.8. The Hall–Kier alpha value is -0.910. The Morgan fingerprint density at radius 2 is 1.90 bits per heavy atom. The van der Waals surface area contributed by atoms with E-state index in [2.05, 4.69) is 0 Å². The van der Waals surface area contributed by atoms with Crippen LogP contribution >= 0.6 is 0 Å². The molecule has 0 aliphatic heterocycles. The minimum atomic E-state index is -3.04. The molecule has 0 bridgehead atoms. The maximum Gasteiger partial charge on any atom is 0.150 e. The van der Waals surface area contributed by atoms with Crippen molar-refractivity contribution in [1.82, 2.24) is 0 Å². The summed E-state index contributed by atoms with van der Waals surface area (Å²) in [5.74, 6) is -0.0383. The van der Waals surface area contributed by atoms with Gasteiger partial charge in [-0.1, -0.05) is 36.8 Å². The molecule has 0 radical (unpaired) electrons. The van der Waals surface area contributed by atoms with Gasteiger partial charge in [0.05, 0.1) is 11.4 Å². The Balaban J connectivity index is 2.12. The number of benzene rings is 1. The molecule has 4 atom stereocenters. The molecule has 0 aromatic heterocycles. The van der Waals surface area contributed by atoms with Gasteiger partial charge in [0.25, 0.3) is 0 Å². The Morgan fingerprint density at radius 3 is 2.48 bits per heavy atom. The molecule has 1 aliphatic rings. The molecule has 0 amide bonds. The lowest BCUT2D eigenvalue weighted by molar-refractivity contribution is -0.0509. The van der Waals surface area contributed by atoms with Gasteiger partial charge in [0.1, 0.15) is 15.9 Å². The number of methoxy groups -OCH3 is 1. The average molecular weight is 312 g/mol. The fourth-order valence-electron chi connectivity index (χ4n) is 3.24. The summed E-state index contributed by atoms with van der Waals surface area (Å²) < 4.78 is 29.0. The zero-order valence-corrected chi connectivity index (χ0v) is 13.4. The summed E-state index contributed by atoms with van der Waals surface area (Å²) in [6.45, 7) is 0. The van der Waals surface area contributed by atoms with E-state index in [1.54, 1.807) is 7.11 Å². The SMILES string of the molecule is COC(c1ccccc1)C(O)C1CCCC(S(C)(=O)=O)C1. The van der Waals surface area contributed by atoms with Crippen LogP contribution in [-0.2, 0) is 14.6 Å². The number of hydrogen-bond donors (Lipinski definition) is 1. The molecule has 1 N–H and O–H groups in total. The van der Waals surface area contributed by atoms with Gasteiger partial charge in [-0.15, -0.1) is 0 Å². The van der Waals surface area contributed by atoms with Gasteiger partial charge in [0.2, 0.25) is 0 Å². The molecule has 0 heterocycles. The van der Waals surface area contributed by atoms with Crippen LogP contribution < -0.4 is 0 Å². The summed E-state index contributed by atoms with van der Waals surface area (Å²) in [7, 11) is -1.46. The third kappa shape index (κ3) is 4.05. The van der Waals surface area contributed by atoms with E-state index in [1.807, 2.05) is 30.3 Å². The van der Waals surface area contributed by atoms with Crippen molar-refractivity contribution in [2.45, 2.75) is 43.1 Å². The highest BCUT2D eigenvalue weighted by atomic mass is 32.2. The predicted molar refractivity (Wildman–Crippen MR) is 82.8 cm³/mol. The number of rotatable bonds is 5. The van der Waals surface area contributed by atoms with E-state index < -0.39 is 22.0 Å². The predicted octanol–water partition coefficient (Wildman–Crippen LogP) is 2.34. The molecule has 1 saturated carbocycles. The van der Waals surface area contributed by atoms with E-state index in [1.165, 1.54) is 6.26 Å². The van der Waals surface area contributed by atoms with Gasteiger partial charge in [0, 0.05) is 13.4 Å². The molecular weight excluding hydrogens is 288 g/mol. The molecule has 118 valence electrons. The highest BCUT2D eigenvalue weighted by Crippen LogP contribution is 2.36. The van der Waals surface area contributed by atoms with Crippen molar-refractivity contribution >= 4 is 9.84 Å². The number of ether oxygens (including phenoxy) is 1. The van der Waals surface area contributed by atoms with Gasteiger partial charge in [0.15, 0.2) is 0 Å². The smallest absolute Gasteiger partial charge is 0.150 e. The normalized spacial score (nSPS) is 26.2. The highest BCUT2D eigenvalue weighted by Gasteiger charge is 2.36. The molecule has 1 fully saturated rings. The fraction of sp³-hybridized carbons (Fsp3) is 0.625. The lowest BCUT2D eigenvalue weighted by atomic mass is 9.81. The van der Waals surface area contributed by atoms with Gasteiger partial charge in [-0.3, -0.25) is 0 Å². The van der Waals surface area contributed by atoms with Crippen LogP contribution in [0.15, 0.2) is 30.3 Å². The van der Waals surface area contributed by atoms with Crippen LogP contribution in [0.5, 0.6) is 0 Å². The quantitative estimate of drug-likeness (QED) is 0.906. The molecule has 5 heteroatoms. The van der Waals surface area contributed by atoms with Crippen LogP contribution in [0.1, 0.15) is 37.4 Å². The van der Waals surface area contributed by atoms with Crippen molar-refractivity contribution in [2.24, 2.45) is 5.92 Å². The first kappa shape index (κ1) is 16.5. The van der Waals surface area contributed by atoms with E-state index in [0.29, 0.717) is 12.8 Å². The number of aliphatic hydroxyl groups is 1. The molecule has 2 rings (SSSR count). The van der Waals surface area contributed by atoms with Crippen LogP contribution in [0, 0.1) is 5.92 Å². The first-order chi connectivity index (χ1) is 9.93. The molecule has 1 aromatic carbocycles.